The van der Waals surface area contributed by atoms with Gasteiger partial charge in [0, 0.05) is 0 Å². The van der Waals surface area contributed by atoms with Crippen molar-refractivity contribution in [1.82, 2.24) is 0 Å². The number of hydrogen-bond acceptors (Lipinski definition) is 2. The van der Waals surface area contributed by atoms with Crippen molar-refractivity contribution >= 4 is 21.6 Å². The van der Waals surface area contributed by atoms with E-state index in [9.17, 15) is 0 Å². The Balaban J connectivity index is 0. The molecule has 2 atom stereocenters. The second kappa shape index (κ2) is 11.7. The molecule has 2 nitrogen and oxygen atoms in total. The summed E-state index contributed by atoms with van der Waals surface area (Å²) in [5, 5.41) is 0. The molecular weight excluding hydrogens is 465 g/mol. The molecule has 1 aromatic carbocycles. The molecule has 0 spiro atoms. The van der Waals surface area contributed by atoms with Crippen molar-refractivity contribution in [3.63, 3.8) is 0 Å². The summed E-state index contributed by atoms with van der Waals surface area (Å²) in [7, 11) is 0. The van der Waals surface area contributed by atoms with Crippen LogP contribution < -0.4 is 39.7 Å². The predicted octanol–water partition coefficient (Wildman–Crippen LogP) is -3.35. The van der Waals surface area contributed by atoms with Crippen LogP contribution in [0.15, 0.2) is 24.3 Å². The number of nitrogens with two attached hydrogens (primary N) is 1. The number of benzene rings is 1. The van der Waals surface area contributed by atoms with E-state index < -0.39 is 21.6 Å². The maximum Gasteiger partial charge on any atom is -1.00 e. The van der Waals surface area contributed by atoms with E-state index in [0.717, 1.165) is 10.9 Å². The zero-order valence-corrected chi connectivity index (χ0v) is 17.1. The van der Waals surface area contributed by atoms with Crippen LogP contribution in [0.4, 0.5) is 0 Å². The molecule has 2 N–H and O–H groups in total. The Morgan fingerprint density at radius 1 is 1.22 bits per heavy atom. The van der Waals surface area contributed by atoms with E-state index in [-0.39, 0.29) is 40.0 Å². The van der Waals surface area contributed by atoms with E-state index >= 15 is 0 Å². The minimum Gasteiger partial charge on any atom is -1.00 e. The molecule has 0 fully saturated rings. The van der Waals surface area contributed by atoms with Crippen LogP contribution in [0.1, 0.15) is 44.4 Å². The van der Waals surface area contributed by atoms with Gasteiger partial charge in [-0.15, -0.1) is 0 Å². The third-order valence-electron chi connectivity index (χ3n) is 2.67. The molecule has 0 bridgehead atoms. The van der Waals surface area contributed by atoms with E-state index in [1.807, 2.05) is 6.92 Å². The minimum absolute atomic E-state index is 0. The van der Waals surface area contributed by atoms with E-state index in [1.54, 1.807) is 0 Å². The van der Waals surface area contributed by atoms with Crippen LogP contribution in [0.2, 0.25) is 0 Å². The van der Waals surface area contributed by atoms with Crippen LogP contribution in [-0.4, -0.2) is 27.7 Å². The Hall–Kier alpha value is 0.899. The van der Waals surface area contributed by atoms with Gasteiger partial charge in [-0.1, -0.05) is 0 Å². The molecule has 1 rings (SSSR count). The van der Waals surface area contributed by atoms with Crippen LogP contribution in [0.3, 0.4) is 0 Å². The van der Waals surface area contributed by atoms with Gasteiger partial charge in [0.2, 0.25) is 0 Å². The second-order valence-electron chi connectivity index (χ2n) is 4.15. The van der Waals surface area contributed by atoms with Crippen LogP contribution in [0, 0.1) is 0 Å². The monoisotopic (exact) mass is 485 g/mol. The van der Waals surface area contributed by atoms with Crippen molar-refractivity contribution in [1.29, 1.82) is 0 Å². The SMILES string of the molecule is CCC(C)[O][Sn+2][CH2]c1ccccc1C(C)N.[Br-].[Br-]. The largest absolute Gasteiger partial charge is 1.00 e. The molecule has 0 amide bonds. The topological polar surface area (TPSA) is 35.2 Å². The first-order valence-electron chi connectivity index (χ1n) is 5.87. The quantitative estimate of drug-likeness (QED) is 0.428. The van der Waals surface area contributed by atoms with Gasteiger partial charge in [0.1, 0.15) is 0 Å². The van der Waals surface area contributed by atoms with Gasteiger partial charge >= 0.3 is 110 Å². The molecule has 5 heteroatoms. The first kappa shape index (κ1) is 21.2. The summed E-state index contributed by atoms with van der Waals surface area (Å²) < 4.78 is 6.98. The molecule has 0 heterocycles. The summed E-state index contributed by atoms with van der Waals surface area (Å²) in [6, 6.07) is 8.58. The molecule has 1 aromatic rings. The van der Waals surface area contributed by atoms with Crippen molar-refractivity contribution in [2.75, 3.05) is 0 Å². The van der Waals surface area contributed by atoms with Crippen molar-refractivity contribution in [3.05, 3.63) is 35.4 Å². The van der Waals surface area contributed by atoms with Crippen molar-refractivity contribution in [2.24, 2.45) is 5.73 Å². The second-order valence-corrected chi connectivity index (χ2v) is 6.65. The summed E-state index contributed by atoms with van der Waals surface area (Å²) in [5.41, 5.74) is 8.61. The predicted molar refractivity (Wildman–Crippen MR) is 69.3 cm³/mol. The maximum atomic E-state index is 5.95. The molecule has 0 aromatic heterocycles. The first-order valence-corrected chi connectivity index (χ1v) is 9.05. The van der Waals surface area contributed by atoms with Gasteiger partial charge in [-0.3, -0.25) is 0 Å². The Labute approximate surface area is 142 Å². The zero-order chi connectivity index (χ0) is 12.0. The molecule has 0 aliphatic heterocycles. The molecule has 0 radical (unpaired) electrons. The standard InChI is InChI=1S/C9H12N.C4H9O.2BrH.Sn/c1-7-5-3-4-6-9(7)8(2)10;1-3-4(2)5;;;/h3-6,8H,1,10H2,2H3;4H,3H2,1-2H3;2*1H;/q;-1;;;+3/p-2. The van der Waals surface area contributed by atoms with Gasteiger partial charge in [0.25, 0.3) is 0 Å². The number of rotatable bonds is 6. The van der Waals surface area contributed by atoms with E-state index in [4.69, 9.17) is 8.81 Å². The van der Waals surface area contributed by atoms with Gasteiger partial charge in [-0.05, 0) is 0 Å². The van der Waals surface area contributed by atoms with Crippen molar-refractivity contribution < 1.29 is 37.0 Å². The molecule has 18 heavy (non-hydrogen) atoms. The summed E-state index contributed by atoms with van der Waals surface area (Å²) >= 11 is -0.730. The fraction of sp³-hybridized carbons (Fsp3) is 0.538. The fourth-order valence-corrected chi connectivity index (χ4v) is 4.37. The molecular formula is C13H21Br2NOSn. The summed E-state index contributed by atoms with van der Waals surface area (Å²) in [6.07, 6.45) is 1.53. The van der Waals surface area contributed by atoms with Crippen LogP contribution in [-0.2, 0) is 7.51 Å². The zero-order valence-electron chi connectivity index (χ0n) is 11.1. The van der Waals surface area contributed by atoms with Gasteiger partial charge in [0.05, 0.1) is 0 Å². The Morgan fingerprint density at radius 3 is 2.39 bits per heavy atom. The van der Waals surface area contributed by atoms with Gasteiger partial charge in [-0.25, -0.2) is 0 Å². The van der Waals surface area contributed by atoms with Gasteiger partial charge < -0.3 is 34.0 Å². The number of hydrogen-bond donors (Lipinski definition) is 1. The molecule has 2 unspecified atom stereocenters. The van der Waals surface area contributed by atoms with Gasteiger partial charge in [0.15, 0.2) is 0 Å². The average molecular weight is 486 g/mol. The molecule has 0 aliphatic carbocycles. The van der Waals surface area contributed by atoms with Gasteiger partial charge in [-0.2, -0.15) is 0 Å². The third-order valence-corrected chi connectivity index (χ3v) is 5.79. The normalized spacial score (nSPS) is 12.7. The Morgan fingerprint density at radius 2 is 1.83 bits per heavy atom. The average Bonchev–Trinajstić information content (AvgIpc) is 2.29. The Bertz CT molecular complexity index is 324. The molecule has 0 aliphatic rings. The summed E-state index contributed by atoms with van der Waals surface area (Å²) in [4.78, 5) is 0. The fourth-order valence-electron chi connectivity index (χ4n) is 1.48. The molecule has 0 saturated carbocycles. The first-order chi connectivity index (χ1) is 7.65. The van der Waals surface area contributed by atoms with Crippen LogP contribution >= 0.6 is 0 Å². The van der Waals surface area contributed by atoms with E-state index in [0.29, 0.717) is 6.10 Å². The number of halogens is 2. The maximum absolute atomic E-state index is 5.95. The van der Waals surface area contributed by atoms with Crippen LogP contribution in [0.25, 0.3) is 0 Å². The van der Waals surface area contributed by atoms with E-state index in [2.05, 4.69) is 38.1 Å². The smallest absolute Gasteiger partial charge is 1.00 e. The van der Waals surface area contributed by atoms with Crippen molar-refractivity contribution in [3.8, 4) is 0 Å². The summed E-state index contributed by atoms with van der Waals surface area (Å²) in [6.45, 7) is 6.36. The van der Waals surface area contributed by atoms with Crippen LogP contribution in [0.5, 0.6) is 0 Å². The molecule has 0 saturated heterocycles. The minimum atomic E-state index is -0.730. The molecule has 102 valence electrons. The third kappa shape index (κ3) is 7.48. The summed E-state index contributed by atoms with van der Waals surface area (Å²) in [5.74, 6) is 0. The Kier molecular flexibility index (Phi) is 13.8. The van der Waals surface area contributed by atoms with E-state index in [1.165, 1.54) is 11.1 Å². The van der Waals surface area contributed by atoms with Crippen molar-refractivity contribution in [2.45, 2.75) is 43.8 Å².